The van der Waals surface area contributed by atoms with Crippen LogP contribution in [0.15, 0.2) is 54.6 Å². The van der Waals surface area contributed by atoms with Crippen molar-refractivity contribution in [3.8, 4) is 11.1 Å². The Hall–Kier alpha value is -1.89. The summed E-state index contributed by atoms with van der Waals surface area (Å²) >= 11 is 0. The van der Waals surface area contributed by atoms with Crippen molar-refractivity contribution in [3.05, 3.63) is 67.1 Å². The Morgan fingerprint density at radius 2 is 1.53 bits per heavy atom. The van der Waals surface area contributed by atoms with E-state index < -0.39 is 5.78 Å². The van der Waals surface area contributed by atoms with Gasteiger partial charge in [-0.2, -0.15) is 0 Å². The van der Waals surface area contributed by atoms with Gasteiger partial charge in [-0.15, -0.1) is 0 Å². The van der Waals surface area contributed by atoms with Crippen LogP contribution in [0.5, 0.6) is 0 Å². The number of carbonyl (C=O) groups is 1. The Labute approximate surface area is 89.4 Å². The molecule has 0 aliphatic rings. The van der Waals surface area contributed by atoms with E-state index >= 15 is 0 Å². The second-order valence-corrected chi connectivity index (χ2v) is 3.31. The van der Waals surface area contributed by atoms with Gasteiger partial charge in [0.25, 0.3) is 0 Å². The minimum absolute atomic E-state index is 0.396. The molecule has 0 saturated carbocycles. The first kappa shape index (κ1) is 9.66. The van der Waals surface area contributed by atoms with Gasteiger partial charge in [-0.25, -0.2) is 0 Å². The Morgan fingerprint density at radius 1 is 0.867 bits per heavy atom. The number of carbonyl (C=O) groups excluding carboxylic acids is 1. The van der Waals surface area contributed by atoms with E-state index in [1.165, 1.54) is 0 Å². The summed E-state index contributed by atoms with van der Waals surface area (Å²) < 4.78 is 0. The molecule has 0 amide bonds. The molecule has 0 aromatic heterocycles. The van der Waals surface area contributed by atoms with Crippen LogP contribution in [-0.2, 0) is 0 Å². The van der Waals surface area contributed by atoms with E-state index in [2.05, 4.69) is 0 Å². The largest absolute Gasteiger partial charge is 0.294 e. The zero-order valence-corrected chi connectivity index (χ0v) is 8.18. The van der Waals surface area contributed by atoms with Crippen LogP contribution in [0.3, 0.4) is 0 Å². The SMILES string of the molecule is [CH]C(=O)c1cccc(-c2ccccc2)c1. The van der Waals surface area contributed by atoms with Gasteiger partial charge in [-0.05, 0) is 17.2 Å². The molecule has 0 aliphatic heterocycles. The van der Waals surface area contributed by atoms with Crippen molar-refractivity contribution in [2.75, 3.05) is 0 Å². The average Bonchev–Trinajstić information content (AvgIpc) is 2.30. The Balaban J connectivity index is 2.46. The van der Waals surface area contributed by atoms with Crippen LogP contribution in [-0.4, -0.2) is 5.78 Å². The molecule has 15 heavy (non-hydrogen) atoms. The van der Waals surface area contributed by atoms with E-state index in [-0.39, 0.29) is 0 Å². The third kappa shape index (κ3) is 2.13. The predicted molar refractivity (Wildman–Crippen MR) is 60.5 cm³/mol. The zero-order valence-electron chi connectivity index (χ0n) is 8.18. The minimum atomic E-state index is -0.396. The molecular formula is C14H10O. The van der Waals surface area contributed by atoms with Crippen molar-refractivity contribution in [3.63, 3.8) is 0 Å². The molecule has 2 aromatic carbocycles. The molecule has 0 aliphatic carbocycles. The molecule has 2 aromatic rings. The highest BCUT2D eigenvalue weighted by molar-refractivity contribution is 6.00. The topological polar surface area (TPSA) is 17.1 Å². The molecule has 1 nitrogen and oxygen atoms in total. The number of hydrogen-bond donors (Lipinski definition) is 0. The van der Waals surface area contributed by atoms with E-state index in [4.69, 9.17) is 6.92 Å². The smallest absolute Gasteiger partial charge is 0.167 e. The van der Waals surface area contributed by atoms with E-state index in [1.807, 2.05) is 42.5 Å². The molecule has 2 radical (unpaired) electrons. The van der Waals surface area contributed by atoms with Crippen molar-refractivity contribution < 1.29 is 4.79 Å². The first-order valence-corrected chi connectivity index (χ1v) is 4.72. The van der Waals surface area contributed by atoms with Gasteiger partial charge < -0.3 is 0 Å². The molecule has 0 unspecified atom stereocenters. The number of Topliss-reactive ketones (excluding diaryl/α,β-unsaturated/α-hetero) is 1. The van der Waals surface area contributed by atoms with Crippen LogP contribution < -0.4 is 0 Å². The average molecular weight is 194 g/mol. The lowest BCUT2D eigenvalue weighted by atomic mass is 10.0. The Kier molecular flexibility index (Phi) is 2.64. The molecule has 72 valence electrons. The number of ketones is 1. The molecular weight excluding hydrogens is 184 g/mol. The summed E-state index contributed by atoms with van der Waals surface area (Å²) in [5.74, 6) is -0.396. The third-order valence-corrected chi connectivity index (χ3v) is 2.25. The van der Waals surface area contributed by atoms with Crippen molar-refractivity contribution in [1.82, 2.24) is 0 Å². The van der Waals surface area contributed by atoms with E-state index in [9.17, 15) is 4.79 Å². The highest BCUT2D eigenvalue weighted by atomic mass is 16.1. The fourth-order valence-electron chi connectivity index (χ4n) is 1.48. The maximum absolute atomic E-state index is 11.0. The van der Waals surface area contributed by atoms with Gasteiger partial charge in [-0.3, -0.25) is 4.79 Å². The van der Waals surface area contributed by atoms with Crippen LogP contribution >= 0.6 is 0 Å². The van der Waals surface area contributed by atoms with Gasteiger partial charge in [0.15, 0.2) is 5.78 Å². The fraction of sp³-hybridized carbons (Fsp3) is 0. The highest BCUT2D eigenvalue weighted by Crippen LogP contribution is 2.19. The fourth-order valence-corrected chi connectivity index (χ4v) is 1.48. The quantitative estimate of drug-likeness (QED) is 0.671. The van der Waals surface area contributed by atoms with Crippen LogP contribution in [0.2, 0.25) is 0 Å². The van der Waals surface area contributed by atoms with E-state index in [1.54, 1.807) is 12.1 Å². The van der Waals surface area contributed by atoms with Gasteiger partial charge in [0.05, 0.1) is 0 Å². The standard InChI is InChI=1S/C14H10O/c1-11(15)13-8-5-9-14(10-13)12-6-3-2-4-7-12/h1-10H. The molecule has 0 heterocycles. The van der Waals surface area contributed by atoms with Crippen molar-refractivity contribution in [1.29, 1.82) is 0 Å². The summed E-state index contributed by atoms with van der Waals surface area (Å²) in [6.07, 6.45) is 0. The third-order valence-electron chi connectivity index (χ3n) is 2.25. The number of benzene rings is 2. The second-order valence-electron chi connectivity index (χ2n) is 3.31. The molecule has 0 spiro atoms. The monoisotopic (exact) mass is 194 g/mol. The minimum Gasteiger partial charge on any atom is -0.294 e. The highest BCUT2D eigenvalue weighted by Gasteiger charge is 2.01. The Bertz CT molecular complexity index is 472. The second kappa shape index (κ2) is 4.09. The summed E-state index contributed by atoms with van der Waals surface area (Å²) in [5, 5.41) is 0. The predicted octanol–water partition coefficient (Wildman–Crippen LogP) is 3.25. The summed E-state index contributed by atoms with van der Waals surface area (Å²) in [4.78, 5) is 11.0. The maximum Gasteiger partial charge on any atom is 0.167 e. The van der Waals surface area contributed by atoms with Gasteiger partial charge in [0.1, 0.15) is 0 Å². The van der Waals surface area contributed by atoms with Gasteiger partial charge in [0.2, 0.25) is 0 Å². The Morgan fingerprint density at radius 3 is 2.20 bits per heavy atom. The summed E-state index contributed by atoms with van der Waals surface area (Å²) in [5.41, 5.74) is 2.63. The molecule has 0 N–H and O–H groups in total. The lowest BCUT2D eigenvalue weighted by Crippen LogP contribution is -1.91. The summed E-state index contributed by atoms with van der Waals surface area (Å²) in [7, 11) is 0. The number of rotatable bonds is 2. The lowest BCUT2D eigenvalue weighted by Gasteiger charge is -2.02. The first-order valence-electron chi connectivity index (χ1n) is 4.72. The van der Waals surface area contributed by atoms with Crippen molar-refractivity contribution >= 4 is 5.78 Å². The van der Waals surface area contributed by atoms with Crippen LogP contribution in [0.4, 0.5) is 0 Å². The van der Waals surface area contributed by atoms with Gasteiger partial charge in [0, 0.05) is 12.5 Å². The number of hydrogen-bond acceptors (Lipinski definition) is 1. The van der Waals surface area contributed by atoms with Gasteiger partial charge in [-0.1, -0.05) is 48.5 Å². The molecule has 1 heteroatoms. The molecule has 0 saturated heterocycles. The zero-order chi connectivity index (χ0) is 10.7. The van der Waals surface area contributed by atoms with Gasteiger partial charge >= 0.3 is 0 Å². The first-order chi connectivity index (χ1) is 7.27. The summed E-state index contributed by atoms with van der Waals surface area (Å²) in [6, 6.07) is 17.2. The molecule has 2 rings (SSSR count). The van der Waals surface area contributed by atoms with Crippen LogP contribution in [0, 0.1) is 6.92 Å². The van der Waals surface area contributed by atoms with Crippen LogP contribution in [0.25, 0.3) is 11.1 Å². The van der Waals surface area contributed by atoms with E-state index in [0.29, 0.717) is 5.56 Å². The summed E-state index contributed by atoms with van der Waals surface area (Å²) in [6.45, 7) is 5.22. The van der Waals surface area contributed by atoms with Crippen LogP contribution in [0.1, 0.15) is 10.4 Å². The normalized spacial score (nSPS) is 9.93. The van der Waals surface area contributed by atoms with Crippen molar-refractivity contribution in [2.45, 2.75) is 0 Å². The van der Waals surface area contributed by atoms with Crippen molar-refractivity contribution in [2.24, 2.45) is 0 Å². The molecule has 0 atom stereocenters. The molecule has 0 bridgehead atoms. The maximum atomic E-state index is 11.0. The van der Waals surface area contributed by atoms with E-state index in [0.717, 1.165) is 11.1 Å². The molecule has 0 fully saturated rings. The lowest BCUT2D eigenvalue weighted by molar-refractivity contribution is 0.104.